The fourth-order valence-corrected chi connectivity index (χ4v) is 4.16. The highest BCUT2D eigenvalue weighted by molar-refractivity contribution is 6.08. The van der Waals surface area contributed by atoms with Gasteiger partial charge >= 0.3 is 0 Å². The molecule has 0 radical (unpaired) electrons. The first-order chi connectivity index (χ1) is 13.1. The molecule has 2 heterocycles. The van der Waals surface area contributed by atoms with Gasteiger partial charge in [-0.25, -0.2) is 0 Å². The van der Waals surface area contributed by atoms with Crippen molar-refractivity contribution in [3.63, 3.8) is 0 Å². The van der Waals surface area contributed by atoms with E-state index in [1.165, 1.54) is 5.57 Å². The summed E-state index contributed by atoms with van der Waals surface area (Å²) in [6, 6.07) is 4.00. The molecule has 0 bridgehead atoms. The maximum absolute atomic E-state index is 12.9. The van der Waals surface area contributed by atoms with Crippen LogP contribution in [0.5, 0.6) is 0 Å². The largest absolute Gasteiger partial charge is 0.347 e. The van der Waals surface area contributed by atoms with Gasteiger partial charge in [-0.2, -0.15) is 5.10 Å². The fourth-order valence-electron chi connectivity index (χ4n) is 4.16. The Morgan fingerprint density at radius 2 is 2.00 bits per heavy atom. The number of aryl methyl sites for hydroxylation is 1. The van der Waals surface area contributed by atoms with E-state index >= 15 is 0 Å². The van der Waals surface area contributed by atoms with Crippen LogP contribution in [0, 0.1) is 0 Å². The zero-order valence-electron chi connectivity index (χ0n) is 16.3. The number of fused-ring (bicyclic) bond motifs is 1. The van der Waals surface area contributed by atoms with E-state index in [0.29, 0.717) is 26.3 Å². The summed E-state index contributed by atoms with van der Waals surface area (Å²) in [7, 11) is 1.90. The van der Waals surface area contributed by atoms with E-state index in [2.05, 4.69) is 11.2 Å². The van der Waals surface area contributed by atoms with E-state index in [0.717, 1.165) is 41.3 Å². The number of benzene rings is 1. The number of hydrogen-bond acceptors (Lipinski definition) is 4. The summed E-state index contributed by atoms with van der Waals surface area (Å²) in [6.45, 7) is 6.77. The minimum atomic E-state index is -0.425. The van der Waals surface area contributed by atoms with Crippen LogP contribution in [0.15, 0.2) is 24.4 Å². The summed E-state index contributed by atoms with van der Waals surface area (Å²) in [5.41, 5.74) is 3.98. The topological polar surface area (TPSA) is 56.6 Å². The quantitative estimate of drug-likeness (QED) is 0.829. The van der Waals surface area contributed by atoms with Gasteiger partial charge in [0.15, 0.2) is 5.79 Å². The second-order valence-corrected chi connectivity index (χ2v) is 7.24. The van der Waals surface area contributed by atoms with Gasteiger partial charge in [-0.05, 0) is 31.9 Å². The molecule has 2 aliphatic rings. The first-order valence-corrected chi connectivity index (χ1v) is 9.80. The van der Waals surface area contributed by atoms with Crippen LogP contribution >= 0.6 is 0 Å². The van der Waals surface area contributed by atoms with Crippen LogP contribution in [0.3, 0.4) is 0 Å². The SMILES string of the molecule is CCN(CC)C(=O)c1ccc(C2=CCC3(CC2)OCCO3)c2nn(C)cc12. The molecular formula is C21H27N3O3. The number of nitrogens with zero attached hydrogens (tertiary/aromatic N) is 3. The molecule has 1 aliphatic heterocycles. The monoisotopic (exact) mass is 369 g/mol. The molecule has 1 saturated heterocycles. The Hall–Kier alpha value is -2.18. The normalized spacial score (nSPS) is 18.9. The van der Waals surface area contributed by atoms with Crippen LogP contribution in [0.25, 0.3) is 16.5 Å². The number of carbonyl (C=O) groups is 1. The van der Waals surface area contributed by atoms with Gasteiger partial charge in [0.2, 0.25) is 0 Å². The summed E-state index contributed by atoms with van der Waals surface area (Å²) in [5, 5.41) is 5.59. The van der Waals surface area contributed by atoms with E-state index < -0.39 is 5.79 Å². The molecule has 0 saturated carbocycles. The van der Waals surface area contributed by atoms with Crippen molar-refractivity contribution in [3.8, 4) is 0 Å². The molecule has 144 valence electrons. The Balaban J connectivity index is 1.72. The summed E-state index contributed by atoms with van der Waals surface area (Å²) >= 11 is 0. The van der Waals surface area contributed by atoms with Crippen LogP contribution in [-0.2, 0) is 16.5 Å². The standard InChI is InChI=1S/C21H27N3O3/c1-4-24(5-2)20(25)17-7-6-16(19-18(17)14-23(3)22-19)15-8-10-21(11-9-15)26-12-13-27-21/h6-8,14H,4-5,9-13H2,1-3H3. The van der Waals surface area contributed by atoms with E-state index in [1.54, 1.807) is 4.68 Å². The highest BCUT2D eigenvalue weighted by atomic mass is 16.7. The van der Waals surface area contributed by atoms with Crippen LogP contribution in [0.4, 0.5) is 0 Å². The average molecular weight is 369 g/mol. The number of rotatable bonds is 4. The Kier molecular flexibility index (Phi) is 4.78. The molecule has 27 heavy (non-hydrogen) atoms. The van der Waals surface area contributed by atoms with Crippen molar-refractivity contribution in [2.24, 2.45) is 7.05 Å². The molecular weight excluding hydrogens is 342 g/mol. The lowest BCUT2D eigenvalue weighted by Gasteiger charge is -2.30. The lowest BCUT2D eigenvalue weighted by molar-refractivity contribution is -0.159. The van der Waals surface area contributed by atoms with Crippen LogP contribution < -0.4 is 0 Å². The van der Waals surface area contributed by atoms with Crippen LogP contribution in [0.2, 0.25) is 0 Å². The predicted molar refractivity (Wildman–Crippen MR) is 104 cm³/mol. The maximum atomic E-state index is 12.9. The number of amides is 1. The average Bonchev–Trinajstić information content (AvgIpc) is 3.29. The van der Waals surface area contributed by atoms with Crippen molar-refractivity contribution < 1.29 is 14.3 Å². The second kappa shape index (κ2) is 7.09. The van der Waals surface area contributed by atoms with Crippen molar-refractivity contribution in [1.29, 1.82) is 0 Å². The van der Waals surface area contributed by atoms with Gasteiger partial charge < -0.3 is 14.4 Å². The van der Waals surface area contributed by atoms with Gasteiger partial charge in [0.25, 0.3) is 5.91 Å². The lowest BCUT2D eigenvalue weighted by atomic mass is 9.88. The third kappa shape index (κ3) is 3.17. The van der Waals surface area contributed by atoms with Gasteiger partial charge in [-0.1, -0.05) is 12.1 Å². The highest BCUT2D eigenvalue weighted by Gasteiger charge is 2.38. The minimum Gasteiger partial charge on any atom is -0.347 e. The Morgan fingerprint density at radius 1 is 1.26 bits per heavy atom. The van der Waals surface area contributed by atoms with Crippen molar-refractivity contribution >= 4 is 22.4 Å². The van der Waals surface area contributed by atoms with Crippen LogP contribution in [-0.4, -0.2) is 52.7 Å². The zero-order chi connectivity index (χ0) is 19.0. The summed E-state index contributed by atoms with van der Waals surface area (Å²) < 4.78 is 13.4. The molecule has 6 nitrogen and oxygen atoms in total. The van der Waals surface area contributed by atoms with Crippen molar-refractivity contribution in [2.45, 2.75) is 38.9 Å². The molecule has 1 aliphatic carbocycles. The molecule has 0 N–H and O–H groups in total. The van der Waals surface area contributed by atoms with Gasteiger partial charge in [0, 0.05) is 50.1 Å². The molecule has 2 aromatic rings. The molecule has 0 unspecified atom stereocenters. The first kappa shape index (κ1) is 18.2. The van der Waals surface area contributed by atoms with Gasteiger partial charge in [-0.15, -0.1) is 0 Å². The number of carbonyl (C=O) groups excluding carboxylic acids is 1. The van der Waals surface area contributed by atoms with E-state index in [1.807, 2.05) is 44.1 Å². The van der Waals surface area contributed by atoms with Gasteiger partial charge in [-0.3, -0.25) is 9.48 Å². The van der Waals surface area contributed by atoms with E-state index in [9.17, 15) is 4.79 Å². The van der Waals surface area contributed by atoms with Crippen molar-refractivity contribution in [3.05, 3.63) is 35.5 Å². The molecule has 1 aromatic heterocycles. The minimum absolute atomic E-state index is 0.0638. The third-order valence-electron chi connectivity index (χ3n) is 5.67. The first-order valence-electron chi connectivity index (χ1n) is 9.80. The zero-order valence-corrected chi connectivity index (χ0v) is 16.3. The van der Waals surface area contributed by atoms with E-state index in [-0.39, 0.29) is 5.91 Å². The summed E-state index contributed by atoms with van der Waals surface area (Å²) in [5.74, 6) is -0.361. The van der Waals surface area contributed by atoms with Crippen molar-refractivity contribution in [2.75, 3.05) is 26.3 Å². The molecule has 1 spiro atoms. The third-order valence-corrected chi connectivity index (χ3v) is 5.67. The molecule has 6 heteroatoms. The van der Waals surface area contributed by atoms with Gasteiger partial charge in [0.05, 0.1) is 18.8 Å². The highest BCUT2D eigenvalue weighted by Crippen LogP contribution is 2.40. The number of hydrogen-bond donors (Lipinski definition) is 0. The Morgan fingerprint density at radius 3 is 2.63 bits per heavy atom. The predicted octanol–water partition coefficient (Wildman–Crippen LogP) is 3.37. The number of ether oxygens (including phenoxy) is 2. The number of aromatic nitrogens is 2. The van der Waals surface area contributed by atoms with E-state index in [4.69, 9.17) is 9.47 Å². The smallest absolute Gasteiger partial charge is 0.254 e. The summed E-state index contributed by atoms with van der Waals surface area (Å²) in [4.78, 5) is 14.8. The molecule has 4 rings (SSSR count). The van der Waals surface area contributed by atoms with Crippen molar-refractivity contribution in [1.82, 2.24) is 14.7 Å². The fraction of sp³-hybridized carbons (Fsp3) is 0.524. The number of allylic oxidation sites excluding steroid dienone is 1. The second-order valence-electron chi connectivity index (χ2n) is 7.24. The van der Waals surface area contributed by atoms with Gasteiger partial charge in [0.1, 0.15) is 5.52 Å². The molecule has 1 amide bonds. The summed E-state index contributed by atoms with van der Waals surface area (Å²) in [6.07, 6.45) is 6.66. The lowest BCUT2D eigenvalue weighted by Crippen LogP contribution is -2.31. The Labute approximate surface area is 159 Å². The van der Waals surface area contributed by atoms with Crippen LogP contribution in [0.1, 0.15) is 49.0 Å². The molecule has 1 fully saturated rings. The molecule has 0 atom stereocenters. The maximum Gasteiger partial charge on any atom is 0.254 e. The molecule has 1 aromatic carbocycles. The Bertz CT molecular complexity index is 889.